The molecule has 0 atom stereocenters. The quantitative estimate of drug-likeness (QED) is 0.376. The lowest BCUT2D eigenvalue weighted by atomic mass is 10.0. The van der Waals surface area contributed by atoms with Crippen LogP contribution in [-0.4, -0.2) is 5.97 Å². The highest BCUT2D eigenvalue weighted by Crippen LogP contribution is 2.24. The molecule has 134 valence electrons. The fourth-order valence-electron chi connectivity index (χ4n) is 2.50. The van der Waals surface area contributed by atoms with Gasteiger partial charge in [-0.05, 0) is 49.2 Å². The van der Waals surface area contributed by atoms with Crippen molar-refractivity contribution in [3.63, 3.8) is 0 Å². The second-order valence-corrected chi connectivity index (χ2v) is 6.25. The smallest absolute Gasteiger partial charge is 0.340 e. The van der Waals surface area contributed by atoms with Crippen LogP contribution in [0.1, 0.15) is 27.0 Å². The summed E-state index contributed by atoms with van der Waals surface area (Å²) in [6.45, 7) is 3.53. The summed E-state index contributed by atoms with van der Waals surface area (Å²) in [7, 11) is 0. The van der Waals surface area contributed by atoms with Crippen LogP contribution in [0.15, 0.2) is 39.5 Å². The van der Waals surface area contributed by atoms with Gasteiger partial charge in [-0.3, -0.25) is 0 Å². The summed E-state index contributed by atoms with van der Waals surface area (Å²) in [5.74, 6) is -3.30. The molecular weight excluding hydrogens is 366 g/mol. The standard InChI is InChI=1S/C19H13ClF2O4/c1-9-3-12-11(5-18(23)26-17(12)4-10(9)2)8-25-19(24)13-6-15(21)16(22)7-14(13)20/h3-7H,8H2,1-2H3. The average Bonchev–Trinajstić information content (AvgIpc) is 2.57. The third kappa shape index (κ3) is 3.46. The van der Waals surface area contributed by atoms with Crippen molar-refractivity contribution < 1.29 is 22.7 Å². The second kappa shape index (κ2) is 6.88. The van der Waals surface area contributed by atoms with Crippen molar-refractivity contribution in [3.8, 4) is 0 Å². The number of carbonyl (C=O) groups is 1. The first kappa shape index (κ1) is 18.1. The van der Waals surface area contributed by atoms with Crippen molar-refractivity contribution in [2.24, 2.45) is 0 Å². The molecule has 4 nitrogen and oxygen atoms in total. The van der Waals surface area contributed by atoms with Crippen molar-refractivity contribution >= 4 is 28.5 Å². The maximum atomic E-state index is 13.3. The normalized spacial score (nSPS) is 11.0. The highest BCUT2D eigenvalue weighted by molar-refractivity contribution is 6.33. The van der Waals surface area contributed by atoms with Gasteiger partial charge < -0.3 is 9.15 Å². The Kier molecular flexibility index (Phi) is 4.78. The Morgan fingerprint density at radius 1 is 1.08 bits per heavy atom. The summed E-state index contributed by atoms with van der Waals surface area (Å²) in [5, 5.41) is 0.356. The Morgan fingerprint density at radius 3 is 2.46 bits per heavy atom. The minimum Gasteiger partial charge on any atom is -0.457 e. The molecule has 0 spiro atoms. The molecular formula is C19H13ClF2O4. The number of esters is 1. The highest BCUT2D eigenvalue weighted by atomic mass is 35.5. The van der Waals surface area contributed by atoms with Crippen LogP contribution in [0.4, 0.5) is 8.78 Å². The number of ether oxygens (including phenoxy) is 1. The molecule has 0 unspecified atom stereocenters. The molecule has 0 fully saturated rings. The second-order valence-electron chi connectivity index (χ2n) is 5.85. The Balaban J connectivity index is 1.93. The fourth-order valence-corrected chi connectivity index (χ4v) is 2.73. The van der Waals surface area contributed by atoms with E-state index in [0.29, 0.717) is 28.7 Å². The van der Waals surface area contributed by atoms with Crippen molar-refractivity contribution in [2.75, 3.05) is 0 Å². The summed E-state index contributed by atoms with van der Waals surface area (Å²) in [6.07, 6.45) is 0. The van der Waals surface area contributed by atoms with Crippen LogP contribution >= 0.6 is 11.6 Å². The summed E-state index contributed by atoms with van der Waals surface area (Å²) >= 11 is 5.76. The van der Waals surface area contributed by atoms with Gasteiger partial charge >= 0.3 is 11.6 Å². The van der Waals surface area contributed by atoms with Crippen LogP contribution in [0.25, 0.3) is 11.0 Å². The number of fused-ring (bicyclic) bond motifs is 1. The van der Waals surface area contributed by atoms with Gasteiger partial charge in [0, 0.05) is 17.0 Å². The maximum absolute atomic E-state index is 13.3. The van der Waals surface area contributed by atoms with Crippen molar-refractivity contribution in [1.29, 1.82) is 0 Å². The summed E-state index contributed by atoms with van der Waals surface area (Å²) in [4.78, 5) is 23.9. The van der Waals surface area contributed by atoms with Crippen LogP contribution in [0.5, 0.6) is 0 Å². The van der Waals surface area contributed by atoms with Gasteiger partial charge in [0.2, 0.25) is 0 Å². The number of benzene rings is 2. The minimum atomic E-state index is -1.21. The molecule has 0 saturated heterocycles. The summed E-state index contributed by atoms with van der Waals surface area (Å²) in [6, 6.07) is 6.14. The fraction of sp³-hybridized carbons (Fsp3) is 0.158. The van der Waals surface area contributed by atoms with E-state index in [9.17, 15) is 18.4 Å². The SMILES string of the molecule is Cc1cc2oc(=O)cc(COC(=O)c3cc(F)c(F)cc3Cl)c2cc1C. The topological polar surface area (TPSA) is 56.5 Å². The molecule has 0 aliphatic rings. The lowest BCUT2D eigenvalue weighted by Gasteiger charge is -2.10. The van der Waals surface area contributed by atoms with Gasteiger partial charge in [-0.15, -0.1) is 0 Å². The van der Waals surface area contributed by atoms with Gasteiger partial charge in [0.15, 0.2) is 11.6 Å². The van der Waals surface area contributed by atoms with Crippen LogP contribution in [0, 0.1) is 25.5 Å². The monoisotopic (exact) mass is 378 g/mol. The van der Waals surface area contributed by atoms with Crippen LogP contribution < -0.4 is 5.63 Å². The van der Waals surface area contributed by atoms with E-state index in [1.54, 1.807) is 6.07 Å². The number of hydrogen-bond donors (Lipinski definition) is 0. The molecule has 1 heterocycles. The van der Waals surface area contributed by atoms with Gasteiger partial charge in [-0.2, -0.15) is 0 Å². The summed E-state index contributed by atoms with van der Waals surface area (Å²) in [5.41, 5.74) is 1.84. The first-order valence-corrected chi connectivity index (χ1v) is 7.99. The van der Waals surface area contributed by atoms with E-state index in [1.165, 1.54) is 6.07 Å². The van der Waals surface area contributed by atoms with Gasteiger partial charge in [0.25, 0.3) is 0 Å². The summed E-state index contributed by atoms with van der Waals surface area (Å²) < 4.78 is 36.7. The molecule has 0 radical (unpaired) electrons. The number of carbonyl (C=O) groups excluding carboxylic acids is 1. The van der Waals surface area contributed by atoms with Crippen molar-refractivity contribution in [2.45, 2.75) is 20.5 Å². The number of rotatable bonds is 3. The highest BCUT2D eigenvalue weighted by Gasteiger charge is 2.17. The molecule has 0 saturated carbocycles. The number of aryl methyl sites for hydroxylation is 2. The Hall–Kier alpha value is -2.73. The van der Waals surface area contributed by atoms with Gasteiger partial charge in [-0.1, -0.05) is 11.6 Å². The van der Waals surface area contributed by atoms with E-state index in [2.05, 4.69) is 0 Å². The lowest BCUT2D eigenvalue weighted by Crippen LogP contribution is -2.09. The molecule has 0 N–H and O–H groups in total. The molecule has 3 rings (SSSR count). The molecule has 7 heteroatoms. The lowest BCUT2D eigenvalue weighted by molar-refractivity contribution is 0.0473. The first-order valence-electron chi connectivity index (χ1n) is 7.62. The first-order chi connectivity index (χ1) is 12.3. The average molecular weight is 379 g/mol. The predicted octanol–water partition coefficient (Wildman–Crippen LogP) is 4.70. The van der Waals surface area contributed by atoms with E-state index in [4.69, 9.17) is 20.8 Å². The third-order valence-corrected chi connectivity index (χ3v) is 4.35. The van der Waals surface area contributed by atoms with Gasteiger partial charge in [0.1, 0.15) is 12.2 Å². The molecule has 0 amide bonds. The largest absolute Gasteiger partial charge is 0.457 e. The Labute approximate surface area is 152 Å². The number of hydrogen-bond acceptors (Lipinski definition) is 4. The van der Waals surface area contributed by atoms with E-state index < -0.39 is 23.2 Å². The molecule has 0 aliphatic heterocycles. The molecule has 0 bridgehead atoms. The molecule has 2 aromatic carbocycles. The van der Waals surface area contributed by atoms with Crippen molar-refractivity contribution in [3.05, 3.63) is 79.7 Å². The molecule has 1 aromatic heterocycles. The van der Waals surface area contributed by atoms with Crippen LogP contribution in [-0.2, 0) is 11.3 Å². The van der Waals surface area contributed by atoms with E-state index >= 15 is 0 Å². The maximum Gasteiger partial charge on any atom is 0.340 e. The van der Waals surface area contributed by atoms with E-state index in [1.807, 2.05) is 19.9 Å². The van der Waals surface area contributed by atoms with Gasteiger partial charge in [-0.25, -0.2) is 18.4 Å². The zero-order valence-corrected chi connectivity index (χ0v) is 14.6. The van der Waals surface area contributed by atoms with Gasteiger partial charge in [0.05, 0.1) is 10.6 Å². The molecule has 0 aliphatic carbocycles. The Bertz CT molecular complexity index is 1090. The molecule has 3 aromatic rings. The Morgan fingerprint density at radius 2 is 1.73 bits per heavy atom. The number of halogens is 3. The molecule has 26 heavy (non-hydrogen) atoms. The van der Waals surface area contributed by atoms with E-state index in [0.717, 1.165) is 11.1 Å². The zero-order chi connectivity index (χ0) is 19.0. The predicted molar refractivity (Wildman–Crippen MR) is 92.4 cm³/mol. The third-order valence-electron chi connectivity index (χ3n) is 4.03. The van der Waals surface area contributed by atoms with E-state index in [-0.39, 0.29) is 17.2 Å². The van der Waals surface area contributed by atoms with Crippen molar-refractivity contribution in [1.82, 2.24) is 0 Å². The van der Waals surface area contributed by atoms with Crippen LogP contribution in [0.2, 0.25) is 5.02 Å². The van der Waals surface area contributed by atoms with Crippen LogP contribution in [0.3, 0.4) is 0 Å². The minimum absolute atomic E-state index is 0.251. The zero-order valence-electron chi connectivity index (χ0n) is 13.9.